The number of allylic oxidation sites excluding steroid dienone is 1. The molecule has 6 heteroatoms. The van der Waals surface area contributed by atoms with Crippen molar-refractivity contribution in [3.63, 3.8) is 0 Å². The van der Waals surface area contributed by atoms with Gasteiger partial charge in [-0.1, -0.05) is 0 Å². The van der Waals surface area contributed by atoms with Gasteiger partial charge in [-0.2, -0.15) is 0 Å². The summed E-state index contributed by atoms with van der Waals surface area (Å²) in [5.74, 6) is -1.41. The summed E-state index contributed by atoms with van der Waals surface area (Å²) in [6.45, 7) is 3.84. The first-order valence-corrected chi connectivity index (χ1v) is 4.35. The molecule has 0 aliphatic heterocycles. The van der Waals surface area contributed by atoms with Crippen molar-refractivity contribution in [3.8, 4) is 0 Å². The molecule has 0 rings (SSSR count). The van der Waals surface area contributed by atoms with Gasteiger partial charge in [0.1, 0.15) is 0 Å². The van der Waals surface area contributed by atoms with Gasteiger partial charge in [0.2, 0.25) is 5.76 Å². The van der Waals surface area contributed by atoms with Gasteiger partial charge in [0, 0.05) is 0 Å². The molecule has 0 amide bonds. The SMILES string of the molecule is CCOC(O)=CC(OC=O)=C(O)OCC. The molecule has 0 fully saturated rings. The fourth-order valence-corrected chi connectivity index (χ4v) is 0.708. The summed E-state index contributed by atoms with van der Waals surface area (Å²) in [6, 6.07) is 0. The Hall–Kier alpha value is -1.85. The van der Waals surface area contributed by atoms with Gasteiger partial charge in [-0.15, -0.1) is 0 Å². The minimum Gasteiger partial charge on any atom is -0.481 e. The topological polar surface area (TPSA) is 85.2 Å². The third-order valence-corrected chi connectivity index (χ3v) is 1.21. The van der Waals surface area contributed by atoms with E-state index in [0.29, 0.717) is 0 Å². The Morgan fingerprint density at radius 1 is 1.20 bits per heavy atom. The van der Waals surface area contributed by atoms with Gasteiger partial charge in [-0.3, -0.25) is 4.79 Å². The zero-order valence-electron chi connectivity index (χ0n) is 8.60. The van der Waals surface area contributed by atoms with E-state index in [0.717, 1.165) is 6.08 Å². The summed E-state index contributed by atoms with van der Waals surface area (Å²) in [5, 5.41) is 18.3. The molecule has 0 unspecified atom stereocenters. The van der Waals surface area contributed by atoms with Crippen molar-refractivity contribution in [1.82, 2.24) is 0 Å². The molecule has 0 atom stereocenters. The Labute approximate surface area is 87.4 Å². The van der Waals surface area contributed by atoms with E-state index in [2.05, 4.69) is 14.2 Å². The van der Waals surface area contributed by atoms with E-state index in [1.807, 2.05) is 0 Å². The van der Waals surface area contributed by atoms with Crippen LogP contribution < -0.4 is 0 Å². The fraction of sp³-hybridized carbons (Fsp3) is 0.444. The van der Waals surface area contributed by atoms with Crippen LogP contribution in [0, 0.1) is 0 Å². The maximum atomic E-state index is 10.1. The summed E-state index contributed by atoms with van der Waals surface area (Å²) >= 11 is 0. The predicted molar refractivity (Wildman–Crippen MR) is 50.8 cm³/mol. The minimum absolute atomic E-state index is 0.0975. The van der Waals surface area contributed by atoms with Crippen LogP contribution in [-0.4, -0.2) is 29.9 Å². The van der Waals surface area contributed by atoms with Crippen molar-refractivity contribution < 1.29 is 29.2 Å². The minimum atomic E-state index is -0.601. The van der Waals surface area contributed by atoms with Crippen molar-refractivity contribution in [1.29, 1.82) is 0 Å². The number of rotatable bonds is 7. The number of aliphatic hydroxyl groups excluding tert-OH is 2. The summed E-state index contributed by atoms with van der Waals surface area (Å²) in [5.41, 5.74) is 0. The molecule has 2 N–H and O–H groups in total. The third-order valence-electron chi connectivity index (χ3n) is 1.21. The first kappa shape index (κ1) is 13.2. The van der Waals surface area contributed by atoms with Crippen LogP contribution >= 0.6 is 0 Å². The molecule has 6 nitrogen and oxygen atoms in total. The second kappa shape index (κ2) is 7.54. The number of carbonyl (C=O) groups is 1. The van der Waals surface area contributed by atoms with E-state index in [1.54, 1.807) is 13.8 Å². The Balaban J connectivity index is 4.71. The van der Waals surface area contributed by atoms with Gasteiger partial charge < -0.3 is 24.4 Å². The van der Waals surface area contributed by atoms with Gasteiger partial charge in [0.15, 0.2) is 0 Å². The zero-order valence-corrected chi connectivity index (χ0v) is 8.60. The van der Waals surface area contributed by atoms with Crippen LogP contribution in [0.3, 0.4) is 0 Å². The van der Waals surface area contributed by atoms with Crippen molar-refractivity contribution in [3.05, 3.63) is 23.7 Å². The molecule has 0 aromatic rings. The summed E-state index contributed by atoms with van der Waals surface area (Å²) in [4.78, 5) is 10.1. The molecule has 0 saturated heterocycles. The van der Waals surface area contributed by atoms with E-state index in [1.165, 1.54) is 0 Å². The van der Waals surface area contributed by atoms with Gasteiger partial charge in [-0.25, -0.2) is 0 Å². The van der Waals surface area contributed by atoms with E-state index in [9.17, 15) is 9.90 Å². The maximum Gasteiger partial charge on any atom is 0.322 e. The molecule has 0 aromatic carbocycles. The highest BCUT2D eigenvalue weighted by Crippen LogP contribution is 2.08. The molecule has 0 aliphatic carbocycles. The van der Waals surface area contributed by atoms with Gasteiger partial charge in [-0.05, 0) is 13.8 Å². The van der Waals surface area contributed by atoms with Crippen molar-refractivity contribution in [2.45, 2.75) is 13.8 Å². The lowest BCUT2D eigenvalue weighted by Crippen LogP contribution is -2.00. The summed E-state index contributed by atoms with van der Waals surface area (Å²) in [7, 11) is 0. The molecule has 0 saturated carbocycles. The van der Waals surface area contributed by atoms with E-state index in [-0.39, 0.29) is 25.4 Å². The zero-order chi connectivity index (χ0) is 11.7. The maximum absolute atomic E-state index is 10.1. The van der Waals surface area contributed by atoms with Crippen LogP contribution in [-0.2, 0) is 19.0 Å². The van der Waals surface area contributed by atoms with Crippen molar-refractivity contribution >= 4 is 6.47 Å². The molecular weight excluding hydrogens is 204 g/mol. The van der Waals surface area contributed by atoms with Crippen LogP contribution in [0.25, 0.3) is 0 Å². The quantitative estimate of drug-likeness (QED) is 0.381. The molecule has 15 heavy (non-hydrogen) atoms. The Bertz CT molecular complexity index is 255. The normalized spacial score (nSPS) is 12.8. The smallest absolute Gasteiger partial charge is 0.322 e. The highest BCUT2D eigenvalue weighted by atomic mass is 16.6. The number of hydrogen-bond donors (Lipinski definition) is 2. The molecule has 86 valence electrons. The largest absolute Gasteiger partial charge is 0.481 e. The molecule has 0 spiro atoms. The Morgan fingerprint density at radius 3 is 2.27 bits per heavy atom. The molecule has 0 bridgehead atoms. The highest BCUT2D eigenvalue weighted by Gasteiger charge is 2.08. The monoisotopic (exact) mass is 218 g/mol. The van der Waals surface area contributed by atoms with E-state index < -0.39 is 11.9 Å². The summed E-state index contributed by atoms with van der Waals surface area (Å²) < 4.78 is 13.7. The fourth-order valence-electron chi connectivity index (χ4n) is 0.708. The van der Waals surface area contributed by atoms with Gasteiger partial charge >= 0.3 is 5.95 Å². The lowest BCUT2D eigenvalue weighted by molar-refractivity contribution is -0.125. The molecular formula is C9H14O6. The van der Waals surface area contributed by atoms with Crippen molar-refractivity contribution in [2.75, 3.05) is 13.2 Å². The molecule has 0 aliphatic rings. The first-order chi connectivity index (χ1) is 7.15. The average Bonchev–Trinajstić information content (AvgIpc) is 2.18. The number of ether oxygens (including phenoxy) is 3. The van der Waals surface area contributed by atoms with Crippen LogP contribution in [0.1, 0.15) is 13.8 Å². The van der Waals surface area contributed by atoms with E-state index in [4.69, 9.17) is 5.11 Å². The Kier molecular flexibility index (Phi) is 6.61. The highest BCUT2D eigenvalue weighted by molar-refractivity contribution is 5.41. The predicted octanol–water partition coefficient (Wildman–Crippen LogP) is 1.36. The van der Waals surface area contributed by atoms with Crippen LogP contribution in [0.4, 0.5) is 0 Å². The average molecular weight is 218 g/mol. The number of carbonyl (C=O) groups excluding carboxylic acids is 1. The summed E-state index contributed by atoms with van der Waals surface area (Å²) in [6.07, 6.45) is 0.933. The molecule has 0 aromatic heterocycles. The van der Waals surface area contributed by atoms with Gasteiger partial charge in [0.05, 0.1) is 19.3 Å². The van der Waals surface area contributed by atoms with Crippen molar-refractivity contribution in [2.24, 2.45) is 0 Å². The number of hydrogen-bond acceptors (Lipinski definition) is 6. The first-order valence-electron chi connectivity index (χ1n) is 4.35. The lowest BCUT2D eigenvalue weighted by atomic mass is 10.5. The standard InChI is InChI=1S/C9H14O6/c1-3-13-8(11)5-7(15-6-10)9(12)14-4-2/h5-6,11-12H,3-4H2,1-2H3. The molecule has 0 radical (unpaired) electrons. The molecule has 0 heterocycles. The third kappa shape index (κ3) is 5.45. The van der Waals surface area contributed by atoms with Crippen LogP contribution in [0.2, 0.25) is 0 Å². The Morgan fingerprint density at radius 2 is 1.80 bits per heavy atom. The van der Waals surface area contributed by atoms with E-state index >= 15 is 0 Å². The van der Waals surface area contributed by atoms with Gasteiger partial charge in [0.25, 0.3) is 12.4 Å². The number of aliphatic hydroxyl groups is 2. The van der Waals surface area contributed by atoms with Crippen LogP contribution in [0.15, 0.2) is 23.7 Å². The lowest BCUT2D eigenvalue weighted by Gasteiger charge is -2.05. The second-order valence-corrected chi connectivity index (χ2v) is 2.23. The van der Waals surface area contributed by atoms with Crippen LogP contribution in [0.5, 0.6) is 0 Å². The second-order valence-electron chi connectivity index (χ2n) is 2.23.